The topological polar surface area (TPSA) is 110 Å². The second-order valence-corrected chi connectivity index (χ2v) is 6.16. The lowest BCUT2D eigenvalue weighted by molar-refractivity contribution is -0.380. The zero-order valence-corrected chi connectivity index (χ0v) is 12.4. The molecule has 0 aliphatic rings. The number of carbonyl (C=O) groups excluding carboxylic acids is 1. The third-order valence-corrected chi connectivity index (χ3v) is 4.82. The molecule has 0 aliphatic heterocycles. The van der Waals surface area contributed by atoms with Gasteiger partial charge < -0.3 is 10.4 Å². The molecule has 0 fully saturated rings. The zero-order valence-electron chi connectivity index (χ0n) is 10.8. The molecule has 21 heavy (non-hydrogen) atoms. The maximum atomic E-state index is 12.0. The molecular weight excluding hydrogens is 316 g/mol. The Morgan fingerprint density at radius 1 is 1.38 bits per heavy atom. The first-order valence-corrected chi connectivity index (χ1v) is 7.47. The summed E-state index contributed by atoms with van der Waals surface area (Å²) >= 11 is 1.92. The first-order chi connectivity index (χ1) is 9.92. The van der Waals surface area contributed by atoms with Gasteiger partial charge in [0.25, 0.3) is 5.91 Å². The lowest BCUT2D eigenvalue weighted by Crippen LogP contribution is -2.11. The van der Waals surface area contributed by atoms with Gasteiger partial charge in [-0.1, -0.05) is 18.3 Å². The second-order valence-electron chi connectivity index (χ2n) is 3.96. The number of carboxylic acid groups (broad SMARTS) is 1. The molecule has 0 saturated carbocycles. The van der Waals surface area contributed by atoms with Gasteiger partial charge in [0.15, 0.2) is 0 Å². The van der Waals surface area contributed by atoms with Crippen molar-refractivity contribution in [2.75, 3.05) is 5.32 Å². The molecule has 2 aromatic rings. The highest BCUT2D eigenvalue weighted by molar-refractivity contribution is 7.18. The molecule has 2 N–H and O–H groups in total. The Morgan fingerprint density at radius 2 is 2.10 bits per heavy atom. The lowest BCUT2D eigenvalue weighted by atomic mass is 10.2. The van der Waals surface area contributed by atoms with Gasteiger partial charge in [0.2, 0.25) is 0 Å². The van der Waals surface area contributed by atoms with Crippen LogP contribution in [0.5, 0.6) is 0 Å². The number of amides is 1. The number of nitrogens with one attached hydrogen (secondary N) is 1. The van der Waals surface area contributed by atoms with Gasteiger partial charge in [0.1, 0.15) is 5.00 Å². The third kappa shape index (κ3) is 3.26. The zero-order chi connectivity index (χ0) is 15.6. The minimum absolute atomic E-state index is 0.0243. The van der Waals surface area contributed by atoms with Crippen molar-refractivity contribution in [3.05, 3.63) is 43.6 Å². The van der Waals surface area contributed by atoms with Gasteiger partial charge >= 0.3 is 11.0 Å². The van der Waals surface area contributed by atoms with Crippen molar-refractivity contribution in [1.29, 1.82) is 0 Å². The van der Waals surface area contributed by atoms with E-state index >= 15 is 0 Å². The van der Waals surface area contributed by atoms with Gasteiger partial charge in [0.05, 0.1) is 15.4 Å². The number of nitrogens with zero attached hydrogens (tertiary/aromatic N) is 1. The Balaban J connectivity index is 2.24. The maximum Gasteiger partial charge on any atom is 0.338 e. The second kappa shape index (κ2) is 6.02. The molecule has 0 spiro atoms. The van der Waals surface area contributed by atoms with Gasteiger partial charge in [-0.3, -0.25) is 14.9 Å². The lowest BCUT2D eigenvalue weighted by Gasteiger charge is -2.01. The number of rotatable bonds is 5. The van der Waals surface area contributed by atoms with Crippen LogP contribution in [0, 0.1) is 10.1 Å². The van der Waals surface area contributed by atoms with Gasteiger partial charge in [0, 0.05) is 10.9 Å². The van der Waals surface area contributed by atoms with E-state index in [4.69, 9.17) is 5.11 Å². The van der Waals surface area contributed by atoms with E-state index in [2.05, 4.69) is 5.32 Å². The predicted molar refractivity (Wildman–Crippen MR) is 79.6 cm³/mol. The normalized spacial score (nSPS) is 10.3. The Labute approximate surface area is 127 Å². The average Bonchev–Trinajstić information content (AvgIpc) is 3.04. The van der Waals surface area contributed by atoms with E-state index in [0.29, 0.717) is 6.42 Å². The van der Waals surface area contributed by atoms with Crippen LogP contribution in [0.3, 0.4) is 0 Å². The molecule has 2 heterocycles. The van der Waals surface area contributed by atoms with Crippen LogP contribution in [0.1, 0.15) is 31.8 Å². The molecule has 2 aromatic heterocycles. The largest absolute Gasteiger partial charge is 0.478 e. The molecule has 9 heteroatoms. The average molecular weight is 326 g/mol. The highest BCUT2D eigenvalue weighted by Crippen LogP contribution is 2.30. The van der Waals surface area contributed by atoms with Crippen LogP contribution < -0.4 is 5.32 Å². The maximum absolute atomic E-state index is 12.0. The first kappa shape index (κ1) is 15.1. The first-order valence-electron chi connectivity index (χ1n) is 5.84. The minimum Gasteiger partial charge on any atom is -0.478 e. The van der Waals surface area contributed by atoms with E-state index in [9.17, 15) is 19.7 Å². The van der Waals surface area contributed by atoms with Crippen molar-refractivity contribution in [3.63, 3.8) is 0 Å². The van der Waals surface area contributed by atoms with Crippen LogP contribution in [0.25, 0.3) is 0 Å². The highest BCUT2D eigenvalue weighted by atomic mass is 32.1. The Morgan fingerprint density at radius 3 is 2.62 bits per heavy atom. The fourth-order valence-corrected chi connectivity index (χ4v) is 3.28. The molecule has 0 aromatic carbocycles. The van der Waals surface area contributed by atoms with Crippen LogP contribution in [0.4, 0.5) is 10.0 Å². The Kier molecular flexibility index (Phi) is 4.34. The number of carbonyl (C=O) groups is 2. The Bertz CT molecular complexity index is 719. The number of aryl methyl sites for hydroxylation is 1. The Hall–Kier alpha value is -2.26. The summed E-state index contributed by atoms with van der Waals surface area (Å²) in [6.07, 6.45) is 0.658. The van der Waals surface area contributed by atoms with Gasteiger partial charge in [-0.05, 0) is 18.6 Å². The number of anilines is 1. The summed E-state index contributed by atoms with van der Waals surface area (Å²) < 4.78 is 0. The van der Waals surface area contributed by atoms with E-state index in [1.165, 1.54) is 29.5 Å². The summed E-state index contributed by atoms with van der Waals surface area (Å²) in [4.78, 5) is 34.1. The molecule has 0 unspecified atom stereocenters. The van der Waals surface area contributed by atoms with Crippen LogP contribution in [0.15, 0.2) is 18.2 Å². The molecule has 0 atom stereocenters. The van der Waals surface area contributed by atoms with Crippen molar-refractivity contribution in [2.24, 2.45) is 0 Å². The molecule has 0 aliphatic carbocycles. The van der Waals surface area contributed by atoms with E-state index < -0.39 is 16.8 Å². The standard InChI is InChI=1S/C12H10N2O5S2/c1-2-6-5-7(12(16)17)11(20-6)13-10(15)8-3-4-9(21-8)14(18)19/h3-5H,2H2,1H3,(H,13,15)(H,16,17). The SMILES string of the molecule is CCc1cc(C(=O)O)c(NC(=O)c2ccc([N+](=O)[O-])s2)s1. The molecule has 1 amide bonds. The predicted octanol–water partition coefficient (Wildman–Crippen LogP) is 3.23. The quantitative estimate of drug-likeness (QED) is 0.647. The van der Waals surface area contributed by atoms with Crippen LogP contribution in [-0.4, -0.2) is 21.9 Å². The number of hydrogen-bond acceptors (Lipinski definition) is 6. The summed E-state index contributed by atoms with van der Waals surface area (Å²) in [7, 11) is 0. The monoisotopic (exact) mass is 326 g/mol. The molecule has 7 nitrogen and oxygen atoms in total. The molecule has 0 bridgehead atoms. The number of nitro groups is 1. The summed E-state index contributed by atoms with van der Waals surface area (Å²) in [6, 6.07) is 4.09. The number of hydrogen-bond donors (Lipinski definition) is 2. The number of thiophene rings is 2. The smallest absolute Gasteiger partial charge is 0.338 e. The van der Waals surface area contributed by atoms with Crippen molar-refractivity contribution in [1.82, 2.24) is 0 Å². The van der Waals surface area contributed by atoms with E-state index in [1.807, 2.05) is 6.92 Å². The summed E-state index contributed by atoms with van der Waals surface area (Å²) in [5.74, 6) is -1.68. The van der Waals surface area contributed by atoms with Crippen molar-refractivity contribution < 1.29 is 19.6 Å². The van der Waals surface area contributed by atoms with Crippen molar-refractivity contribution >= 4 is 44.6 Å². The van der Waals surface area contributed by atoms with Crippen LogP contribution >= 0.6 is 22.7 Å². The molecular formula is C12H10N2O5S2. The fraction of sp³-hybridized carbons (Fsp3) is 0.167. The van der Waals surface area contributed by atoms with E-state index in [0.717, 1.165) is 16.2 Å². The van der Waals surface area contributed by atoms with Gasteiger partial charge in [-0.15, -0.1) is 11.3 Å². The van der Waals surface area contributed by atoms with Gasteiger partial charge in [-0.2, -0.15) is 0 Å². The number of carboxylic acids is 1. The van der Waals surface area contributed by atoms with Crippen LogP contribution in [-0.2, 0) is 6.42 Å². The van der Waals surface area contributed by atoms with Crippen molar-refractivity contribution in [3.8, 4) is 0 Å². The van der Waals surface area contributed by atoms with E-state index in [-0.39, 0.29) is 20.4 Å². The molecule has 110 valence electrons. The van der Waals surface area contributed by atoms with Crippen molar-refractivity contribution in [2.45, 2.75) is 13.3 Å². The molecule has 2 rings (SSSR count). The van der Waals surface area contributed by atoms with E-state index in [1.54, 1.807) is 0 Å². The summed E-state index contributed by atoms with van der Waals surface area (Å²) in [5, 5.41) is 22.3. The summed E-state index contributed by atoms with van der Waals surface area (Å²) in [6.45, 7) is 1.88. The highest BCUT2D eigenvalue weighted by Gasteiger charge is 2.20. The molecule has 0 radical (unpaired) electrons. The minimum atomic E-state index is -1.13. The molecule has 0 saturated heterocycles. The third-order valence-electron chi connectivity index (χ3n) is 2.58. The van der Waals surface area contributed by atoms with Gasteiger partial charge in [-0.25, -0.2) is 4.79 Å². The fourth-order valence-electron chi connectivity index (χ4n) is 1.58. The number of aromatic carboxylic acids is 1. The van der Waals surface area contributed by atoms with Crippen LogP contribution in [0.2, 0.25) is 0 Å². The summed E-state index contributed by atoms with van der Waals surface area (Å²) in [5.41, 5.74) is 0.0243.